The molecule has 1 heterocycles. The van der Waals surface area contributed by atoms with Gasteiger partial charge in [-0.15, -0.1) is 0 Å². The van der Waals surface area contributed by atoms with Crippen molar-refractivity contribution >= 4 is 11.7 Å². The molecule has 1 rings (SSSR count). The summed E-state index contributed by atoms with van der Waals surface area (Å²) < 4.78 is 6.25. The first-order chi connectivity index (χ1) is 7.76. The number of hydrogen-bond donors (Lipinski definition) is 2. The number of amides is 2. The van der Waals surface area contributed by atoms with Crippen LogP contribution in [0.4, 0.5) is 10.5 Å². The van der Waals surface area contributed by atoms with E-state index in [4.69, 9.17) is 4.74 Å². The van der Waals surface area contributed by atoms with Gasteiger partial charge in [0.2, 0.25) is 0 Å². The average molecular weight is 409 g/mol. The summed E-state index contributed by atoms with van der Waals surface area (Å²) in [6, 6.07) is 3.33. The third-order valence-electron chi connectivity index (χ3n) is 2.07. The molecular formula is C10H14HgN3O2+. The molecule has 1 atom stereocenters. The summed E-state index contributed by atoms with van der Waals surface area (Å²) in [6.07, 6.45) is 3.40. The van der Waals surface area contributed by atoms with Crippen molar-refractivity contribution in [1.82, 2.24) is 10.3 Å². The number of urea groups is 1. The number of anilines is 1. The number of aromatic nitrogens is 1. The zero-order valence-corrected chi connectivity index (χ0v) is 14.8. The van der Waals surface area contributed by atoms with Crippen LogP contribution in [0.2, 0.25) is 3.93 Å². The van der Waals surface area contributed by atoms with Gasteiger partial charge < -0.3 is 0 Å². The molecule has 1 unspecified atom stereocenters. The Morgan fingerprint density at radius 2 is 2.50 bits per heavy atom. The van der Waals surface area contributed by atoms with Crippen LogP contribution in [-0.4, -0.2) is 30.8 Å². The number of pyridine rings is 1. The molecule has 6 heteroatoms. The molecule has 1 aromatic rings. The fraction of sp³-hybridized carbons (Fsp3) is 0.400. The monoisotopic (exact) mass is 410 g/mol. The number of hydrogen-bond acceptors (Lipinski definition) is 3. The summed E-state index contributed by atoms with van der Waals surface area (Å²) in [7, 11) is 1.66. The van der Waals surface area contributed by atoms with Gasteiger partial charge in [-0.3, -0.25) is 0 Å². The second-order valence-electron chi connectivity index (χ2n) is 3.22. The Kier molecular flexibility index (Phi) is 6.33. The summed E-state index contributed by atoms with van der Waals surface area (Å²) in [4.78, 5) is 15.4. The van der Waals surface area contributed by atoms with Crippen LogP contribution in [0, 0.1) is 0 Å². The second-order valence-corrected chi connectivity index (χ2v) is 5.47. The first-order valence-electron chi connectivity index (χ1n) is 5.03. The fourth-order valence-electron chi connectivity index (χ4n) is 1.12. The predicted molar refractivity (Wildman–Crippen MR) is 56.9 cm³/mol. The van der Waals surface area contributed by atoms with Gasteiger partial charge in [0.05, 0.1) is 0 Å². The van der Waals surface area contributed by atoms with Gasteiger partial charge >= 0.3 is 111 Å². The van der Waals surface area contributed by atoms with Gasteiger partial charge in [-0.05, 0) is 0 Å². The molecule has 0 aliphatic heterocycles. The van der Waals surface area contributed by atoms with Crippen LogP contribution in [0.25, 0.3) is 0 Å². The predicted octanol–water partition coefficient (Wildman–Crippen LogP) is 1.18. The number of nitrogens with zero attached hydrogens (tertiary/aromatic N) is 1. The number of nitrogens with one attached hydrogen (secondary N) is 2. The number of rotatable bonds is 5. The maximum atomic E-state index is 11.5. The maximum absolute atomic E-state index is 11.5. The van der Waals surface area contributed by atoms with E-state index in [1.54, 1.807) is 31.6 Å². The second kappa shape index (κ2) is 7.57. The number of methoxy groups -OCH3 is 1. The molecule has 0 spiro atoms. The van der Waals surface area contributed by atoms with Crippen molar-refractivity contribution < 1.29 is 35.7 Å². The average Bonchev–Trinajstić information content (AvgIpc) is 2.31. The van der Waals surface area contributed by atoms with Crippen molar-refractivity contribution in [2.24, 2.45) is 0 Å². The van der Waals surface area contributed by atoms with Crippen LogP contribution in [0.15, 0.2) is 24.5 Å². The van der Waals surface area contributed by atoms with Crippen LogP contribution in [0.1, 0.15) is 0 Å². The number of carbonyl (C=O) groups excluding carboxylic acids is 1. The molecule has 0 aliphatic rings. The zero-order valence-electron chi connectivity index (χ0n) is 9.27. The molecule has 2 N–H and O–H groups in total. The Morgan fingerprint density at radius 3 is 3.06 bits per heavy atom. The standard InChI is InChI=1S/C10H14N3O2.Hg/c1-8(15-2)6-12-10(14)13-9-4-3-5-11-7-9;/h3-5,7-8H,1,6H2,2H3,(H2,12,13,14);/q;+1. The van der Waals surface area contributed by atoms with Crippen LogP contribution >= 0.6 is 0 Å². The molecule has 0 aromatic carbocycles. The molecule has 0 bridgehead atoms. The molecule has 82 valence electrons. The Labute approximate surface area is 111 Å². The van der Waals surface area contributed by atoms with Gasteiger partial charge in [0.1, 0.15) is 0 Å². The van der Waals surface area contributed by atoms with Gasteiger partial charge in [-0.1, -0.05) is 0 Å². The van der Waals surface area contributed by atoms with Crippen molar-refractivity contribution in [2.45, 2.75) is 10.0 Å². The number of carbonyl (C=O) groups is 1. The van der Waals surface area contributed by atoms with E-state index in [1.807, 2.05) is 0 Å². The van der Waals surface area contributed by atoms with Gasteiger partial charge in [0, 0.05) is 0 Å². The summed E-state index contributed by atoms with van der Waals surface area (Å²) in [5.41, 5.74) is 0.684. The van der Waals surface area contributed by atoms with Crippen molar-refractivity contribution in [3.05, 3.63) is 24.5 Å². The Balaban J connectivity index is 2.31. The molecule has 5 nitrogen and oxygen atoms in total. The van der Waals surface area contributed by atoms with Crippen LogP contribution in [0.5, 0.6) is 0 Å². The molecule has 0 saturated heterocycles. The Morgan fingerprint density at radius 1 is 1.69 bits per heavy atom. The summed E-state index contributed by atoms with van der Waals surface area (Å²) in [6.45, 7) is 0.548. The van der Waals surface area contributed by atoms with E-state index >= 15 is 0 Å². The Hall–Kier alpha value is -0.685. The molecule has 2 amide bonds. The SMILES string of the molecule is COC([CH2][Hg+])CNC(=O)Nc1cccnc1. The molecule has 1 aromatic heterocycles. The third kappa shape index (κ3) is 4.89. The van der Waals surface area contributed by atoms with E-state index in [9.17, 15) is 4.79 Å². The third-order valence-corrected chi connectivity index (χ3v) is 4.57. The fourth-order valence-corrected chi connectivity index (χ4v) is 2.83. The minimum atomic E-state index is -0.225. The van der Waals surface area contributed by atoms with Crippen molar-refractivity contribution in [2.75, 3.05) is 19.0 Å². The molecule has 16 heavy (non-hydrogen) atoms. The molecular weight excluding hydrogens is 395 g/mol. The van der Waals surface area contributed by atoms with Crippen LogP contribution in [-0.2, 0) is 30.9 Å². The molecule has 0 radical (unpaired) electrons. The topological polar surface area (TPSA) is 63.2 Å². The zero-order chi connectivity index (χ0) is 11.8. The molecule has 0 fully saturated rings. The van der Waals surface area contributed by atoms with E-state index in [2.05, 4.69) is 15.6 Å². The van der Waals surface area contributed by atoms with Crippen LogP contribution in [0.3, 0.4) is 0 Å². The first kappa shape index (κ1) is 13.4. The van der Waals surface area contributed by atoms with Crippen molar-refractivity contribution in [1.29, 1.82) is 0 Å². The van der Waals surface area contributed by atoms with Gasteiger partial charge in [-0.2, -0.15) is 0 Å². The Bertz CT molecular complexity index is 317. The van der Waals surface area contributed by atoms with Crippen molar-refractivity contribution in [3.63, 3.8) is 0 Å². The summed E-state index contributed by atoms with van der Waals surface area (Å²) in [5, 5.41) is 5.45. The van der Waals surface area contributed by atoms with E-state index in [0.29, 0.717) is 38.4 Å². The quantitative estimate of drug-likeness (QED) is 0.719. The summed E-state index contributed by atoms with van der Waals surface area (Å²) in [5.74, 6) is 0. The van der Waals surface area contributed by atoms with Crippen LogP contribution < -0.4 is 10.6 Å². The molecule has 0 saturated carbocycles. The molecule has 0 aliphatic carbocycles. The van der Waals surface area contributed by atoms with E-state index in [-0.39, 0.29) is 12.1 Å². The number of ether oxygens (including phenoxy) is 1. The van der Waals surface area contributed by atoms with E-state index < -0.39 is 0 Å². The first-order valence-corrected chi connectivity index (χ1v) is 8.92. The van der Waals surface area contributed by atoms with E-state index in [1.165, 1.54) is 0 Å². The summed E-state index contributed by atoms with van der Waals surface area (Å²) >= 11 is 0.684. The van der Waals surface area contributed by atoms with Gasteiger partial charge in [0.15, 0.2) is 0 Å². The van der Waals surface area contributed by atoms with Crippen molar-refractivity contribution in [3.8, 4) is 0 Å². The van der Waals surface area contributed by atoms with E-state index in [0.717, 1.165) is 3.93 Å². The van der Waals surface area contributed by atoms with Gasteiger partial charge in [-0.25, -0.2) is 0 Å². The normalized spacial score (nSPS) is 11.9. The van der Waals surface area contributed by atoms with Gasteiger partial charge in [0.25, 0.3) is 0 Å². The minimum absolute atomic E-state index is 0.142.